The lowest BCUT2D eigenvalue weighted by atomic mass is 9.98. The summed E-state index contributed by atoms with van der Waals surface area (Å²) in [5, 5.41) is 9.43. The number of aliphatic hydroxyl groups is 1. The molecule has 2 heterocycles. The lowest BCUT2D eigenvalue weighted by Gasteiger charge is -2.15. The first-order valence-corrected chi connectivity index (χ1v) is 4.33. The molecule has 10 heavy (non-hydrogen) atoms. The van der Waals surface area contributed by atoms with Crippen LogP contribution >= 0.6 is 15.9 Å². The normalized spacial score (nSPS) is 70.2. The van der Waals surface area contributed by atoms with Gasteiger partial charge in [0.1, 0.15) is 24.4 Å². The van der Waals surface area contributed by atoms with Gasteiger partial charge in [0.05, 0.1) is 10.9 Å². The highest BCUT2D eigenvalue weighted by Gasteiger charge is 2.68. The Bertz CT molecular complexity index is 166. The topological polar surface area (TPSA) is 45.3 Å². The van der Waals surface area contributed by atoms with Crippen molar-refractivity contribution < 1.29 is 14.6 Å². The number of ether oxygens (including phenoxy) is 2. The summed E-state index contributed by atoms with van der Waals surface area (Å²) in [5.74, 6) is 0. The predicted octanol–water partition coefficient (Wildman–Crippen LogP) is -0.341. The second-order valence-corrected chi connectivity index (χ2v) is 4.12. The second kappa shape index (κ2) is 1.58. The summed E-state index contributed by atoms with van der Waals surface area (Å²) < 4.78 is 10.5. The first-order chi connectivity index (χ1) is 4.79. The molecule has 0 aromatic heterocycles. The minimum atomic E-state index is -0.367. The minimum absolute atomic E-state index is 0.0492. The van der Waals surface area contributed by atoms with Gasteiger partial charge >= 0.3 is 0 Å². The quantitative estimate of drug-likeness (QED) is 0.436. The van der Waals surface area contributed by atoms with Crippen molar-refractivity contribution in [1.82, 2.24) is 0 Å². The van der Waals surface area contributed by atoms with Gasteiger partial charge in [0.15, 0.2) is 0 Å². The van der Waals surface area contributed by atoms with Gasteiger partial charge in [-0.3, -0.25) is 0 Å². The predicted molar refractivity (Wildman–Crippen MR) is 36.0 cm³/mol. The average molecular weight is 207 g/mol. The molecule has 1 aliphatic carbocycles. The van der Waals surface area contributed by atoms with Crippen LogP contribution in [0, 0.1) is 0 Å². The number of aliphatic hydroxyl groups excluding tert-OH is 1. The molecule has 0 radical (unpaired) electrons. The number of epoxide rings is 2. The summed E-state index contributed by atoms with van der Waals surface area (Å²) in [6.45, 7) is 0. The number of alkyl halides is 1. The Hall–Kier alpha value is 0.360. The molecule has 1 saturated carbocycles. The Labute approximate surface area is 66.4 Å². The van der Waals surface area contributed by atoms with Crippen LogP contribution in [0.25, 0.3) is 0 Å². The first kappa shape index (κ1) is 5.94. The first-order valence-electron chi connectivity index (χ1n) is 3.42. The van der Waals surface area contributed by atoms with Gasteiger partial charge < -0.3 is 14.6 Å². The number of hydrogen-bond donors (Lipinski definition) is 1. The summed E-state index contributed by atoms with van der Waals surface area (Å²) in [4.78, 5) is 0.0845. The summed E-state index contributed by atoms with van der Waals surface area (Å²) in [6.07, 6.45) is 0.368. The van der Waals surface area contributed by atoms with E-state index in [0.29, 0.717) is 0 Å². The SMILES string of the molecule is O[C@H]1[C@H](Br)[C@@H]2O[C@@H]2[C@H]2O[C@@H]12. The van der Waals surface area contributed by atoms with Crippen LogP contribution in [0.4, 0.5) is 0 Å². The number of rotatable bonds is 0. The van der Waals surface area contributed by atoms with E-state index in [0.717, 1.165) is 0 Å². The minimum Gasteiger partial charge on any atom is -0.389 e. The summed E-state index contributed by atoms with van der Waals surface area (Å²) in [6, 6.07) is 0. The number of hydrogen-bond acceptors (Lipinski definition) is 3. The van der Waals surface area contributed by atoms with Crippen LogP contribution in [0.3, 0.4) is 0 Å². The van der Waals surface area contributed by atoms with Gasteiger partial charge in [-0.1, -0.05) is 15.9 Å². The van der Waals surface area contributed by atoms with Gasteiger partial charge in [-0.05, 0) is 0 Å². The largest absolute Gasteiger partial charge is 0.389 e. The van der Waals surface area contributed by atoms with Gasteiger partial charge in [-0.15, -0.1) is 0 Å². The third-order valence-corrected chi connectivity index (χ3v) is 3.49. The Morgan fingerprint density at radius 1 is 1.00 bits per heavy atom. The van der Waals surface area contributed by atoms with E-state index >= 15 is 0 Å². The molecule has 1 N–H and O–H groups in total. The van der Waals surface area contributed by atoms with Crippen molar-refractivity contribution in [2.45, 2.75) is 35.3 Å². The second-order valence-electron chi connectivity index (χ2n) is 3.07. The Kier molecular flexibility index (Phi) is 0.938. The van der Waals surface area contributed by atoms with Crippen LogP contribution in [0.2, 0.25) is 0 Å². The lowest BCUT2D eigenvalue weighted by Crippen LogP contribution is -2.37. The highest BCUT2D eigenvalue weighted by Crippen LogP contribution is 2.50. The molecule has 3 aliphatic rings. The molecule has 0 bridgehead atoms. The fourth-order valence-corrected chi connectivity index (χ4v) is 2.43. The van der Waals surface area contributed by atoms with Gasteiger partial charge in [-0.2, -0.15) is 0 Å². The zero-order chi connectivity index (χ0) is 6.88. The van der Waals surface area contributed by atoms with E-state index in [2.05, 4.69) is 15.9 Å². The standard InChI is InChI=1S/C6H7BrO3/c7-1-2(8)4-6(10-4)5-3(1)9-5/h1-6,8H/t1-,2-,3-,4-,5-,6-/m0/s1. The molecule has 4 heteroatoms. The molecule has 56 valence electrons. The third kappa shape index (κ3) is 0.563. The van der Waals surface area contributed by atoms with E-state index in [1.165, 1.54) is 0 Å². The smallest absolute Gasteiger partial charge is 0.116 e. The maximum Gasteiger partial charge on any atom is 0.116 e. The zero-order valence-corrected chi connectivity index (χ0v) is 6.69. The van der Waals surface area contributed by atoms with Crippen LogP contribution in [0.1, 0.15) is 0 Å². The molecule has 3 nitrogen and oxygen atoms in total. The van der Waals surface area contributed by atoms with Crippen molar-refractivity contribution in [2.75, 3.05) is 0 Å². The van der Waals surface area contributed by atoms with Gasteiger partial charge in [-0.25, -0.2) is 0 Å². The molecule has 6 atom stereocenters. The molecule has 2 saturated heterocycles. The van der Waals surface area contributed by atoms with E-state index in [1.807, 2.05) is 0 Å². The fraction of sp³-hybridized carbons (Fsp3) is 1.00. The van der Waals surface area contributed by atoms with E-state index in [4.69, 9.17) is 9.47 Å². The molecule has 0 aromatic carbocycles. The molecule has 0 spiro atoms. The molecular weight excluding hydrogens is 200 g/mol. The molecule has 0 aromatic rings. The van der Waals surface area contributed by atoms with E-state index in [9.17, 15) is 5.11 Å². The number of fused-ring (bicyclic) bond motifs is 3. The average Bonchev–Trinajstić information content (AvgIpc) is 2.71. The molecule has 2 aliphatic heterocycles. The molecule has 0 unspecified atom stereocenters. The van der Waals surface area contributed by atoms with Crippen LogP contribution in [0.15, 0.2) is 0 Å². The van der Waals surface area contributed by atoms with Crippen molar-refractivity contribution in [1.29, 1.82) is 0 Å². The van der Waals surface area contributed by atoms with Crippen molar-refractivity contribution in [2.24, 2.45) is 0 Å². The van der Waals surface area contributed by atoms with Gasteiger partial charge in [0, 0.05) is 0 Å². The van der Waals surface area contributed by atoms with E-state index < -0.39 is 0 Å². The molecular formula is C6H7BrO3. The van der Waals surface area contributed by atoms with Crippen molar-refractivity contribution in [3.63, 3.8) is 0 Å². The van der Waals surface area contributed by atoms with E-state index in [-0.39, 0.29) is 35.3 Å². The summed E-state index contributed by atoms with van der Waals surface area (Å²) >= 11 is 3.37. The molecule has 0 amide bonds. The summed E-state index contributed by atoms with van der Waals surface area (Å²) in [5.41, 5.74) is 0. The fourth-order valence-electron chi connectivity index (χ4n) is 1.71. The lowest BCUT2D eigenvalue weighted by molar-refractivity contribution is 0.124. The van der Waals surface area contributed by atoms with Gasteiger partial charge in [0.25, 0.3) is 0 Å². The van der Waals surface area contributed by atoms with Crippen molar-refractivity contribution >= 4 is 15.9 Å². The van der Waals surface area contributed by atoms with Crippen LogP contribution in [-0.4, -0.2) is 40.5 Å². The van der Waals surface area contributed by atoms with Crippen molar-refractivity contribution in [3.8, 4) is 0 Å². The van der Waals surface area contributed by atoms with Gasteiger partial charge in [0.2, 0.25) is 0 Å². The molecule has 3 fully saturated rings. The van der Waals surface area contributed by atoms with Crippen LogP contribution < -0.4 is 0 Å². The highest BCUT2D eigenvalue weighted by molar-refractivity contribution is 9.09. The Morgan fingerprint density at radius 2 is 1.60 bits per heavy atom. The van der Waals surface area contributed by atoms with Crippen molar-refractivity contribution in [3.05, 3.63) is 0 Å². The molecule has 3 rings (SSSR count). The number of halogens is 1. The van der Waals surface area contributed by atoms with Crippen LogP contribution in [0.5, 0.6) is 0 Å². The maximum absolute atomic E-state index is 9.43. The Balaban J connectivity index is 1.89. The monoisotopic (exact) mass is 206 g/mol. The van der Waals surface area contributed by atoms with Crippen LogP contribution in [-0.2, 0) is 9.47 Å². The zero-order valence-electron chi connectivity index (χ0n) is 5.11. The third-order valence-electron chi connectivity index (χ3n) is 2.42. The van der Waals surface area contributed by atoms with E-state index in [1.54, 1.807) is 0 Å². The Morgan fingerprint density at radius 3 is 2.40 bits per heavy atom. The maximum atomic E-state index is 9.43. The highest BCUT2D eigenvalue weighted by atomic mass is 79.9. The summed E-state index contributed by atoms with van der Waals surface area (Å²) in [7, 11) is 0.